The van der Waals surface area contributed by atoms with E-state index < -0.39 is 0 Å². The Kier molecular flexibility index (Phi) is 2.11. The average molecular weight is 224 g/mol. The second-order valence-corrected chi connectivity index (χ2v) is 4.19. The van der Waals surface area contributed by atoms with Gasteiger partial charge in [0.25, 0.3) is 5.91 Å². The average Bonchev–Trinajstić information content (AvgIpc) is 2.90. The second-order valence-electron chi connectivity index (χ2n) is 4.19. The van der Waals surface area contributed by atoms with E-state index in [1.807, 2.05) is 49.5 Å². The van der Waals surface area contributed by atoms with Gasteiger partial charge in [0.1, 0.15) is 0 Å². The van der Waals surface area contributed by atoms with Gasteiger partial charge in [0.05, 0.1) is 5.57 Å². The molecule has 0 aliphatic carbocycles. The minimum Gasteiger partial charge on any atom is -0.362 e. The second kappa shape index (κ2) is 3.63. The summed E-state index contributed by atoms with van der Waals surface area (Å²) in [5, 5.41) is 2.87. The lowest BCUT2D eigenvalue weighted by Gasteiger charge is -1.99. The number of hydrogen-bond acceptors (Lipinski definition) is 1. The maximum absolute atomic E-state index is 11.9. The molecule has 3 heteroatoms. The molecule has 2 aromatic rings. The minimum atomic E-state index is -0.0415. The minimum absolute atomic E-state index is 0.0415. The van der Waals surface area contributed by atoms with Crippen LogP contribution in [0.4, 0.5) is 5.69 Å². The third kappa shape index (κ3) is 1.65. The number of hydrogen-bond donors (Lipinski definition) is 2. The molecule has 2 heterocycles. The molecule has 0 atom stereocenters. The molecule has 1 aliphatic rings. The Labute approximate surface area is 99.2 Å². The fourth-order valence-corrected chi connectivity index (χ4v) is 2.03. The highest BCUT2D eigenvalue weighted by Gasteiger charge is 2.23. The first-order chi connectivity index (χ1) is 8.24. The lowest BCUT2D eigenvalue weighted by atomic mass is 10.0. The number of H-pyrrole nitrogens is 1. The van der Waals surface area contributed by atoms with Crippen molar-refractivity contribution in [1.82, 2.24) is 4.98 Å². The molecular weight excluding hydrogens is 212 g/mol. The molecule has 3 rings (SSSR count). The predicted molar refractivity (Wildman–Crippen MR) is 68.5 cm³/mol. The highest BCUT2D eigenvalue weighted by molar-refractivity contribution is 6.34. The van der Waals surface area contributed by atoms with E-state index in [1.54, 1.807) is 0 Å². The zero-order valence-electron chi connectivity index (χ0n) is 9.45. The molecule has 1 aromatic heterocycles. The van der Waals surface area contributed by atoms with Crippen molar-refractivity contribution in [3.63, 3.8) is 0 Å². The highest BCUT2D eigenvalue weighted by atomic mass is 16.2. The van der Waals surface area contributed by atoms with Crippen molar-refractivity contribution in [2.75, 3.05) is 5.32 Å². The maximum atomic E-state index is 11.9. The number of carbonyl (C=O) groups is 1. The Bertz CT molecular complexity index is 609. The molecule has 1 aliphatic heterocycles. The van der Waals surface area contributed by atoms with E-state index in [2.05, 4.69) is 10.3 Å². The van der Waals surface area contributed by atoms with Gasteiger partial charge in [0.2, 0.25) is 0 Å². The Morgan fingerprint density at radius 2 is 2.12 bits per heavy atom. The Hall–Kier alpha value is -2.29. The van der Waals surface area contributed by atoms with E-state index >= 15 is 0 Å². The Balaban J connectivity index is 2.13. The number of carbonyl (C=O) groups excluding carboxylic acids is 1. The molecule has 0 bridgehead atoms. The first-order valence-electron chi connectivity index (χ1n) is 5.51. The predicted octanol–water partition coefficient (Wildman–Crippen LogP) is 2.82. The van der Waals surface area contributed by atoms with E-state index in [-0.39, 0.29) is 5.91 Å². The maximum Gasteiger partial charge on any atom is 0.256 e. The summed E-state index contributed by atoms with van der Waals surface area (Å²) in [6, 6.07) is 9.82. The molecule has 84 valence electrons. The van der Waals surface area contributed by atoms with Crippen LogP contribution < -0.4 is 5.32 Å². The number of rotatable bonds is 1. The summed E-state index contributed by atoms with van der Waals surface area (Å²) in [6.07, 6.45) is 3.72. The number of benzene rings is 1. The molecule has 1 aromatic carbocycles. The summed E-state index contributed by atoms with van der Waals surface area (Å²) in [7, 11) is 0. The van der Waals surface area contributed by atoms with Crippen LogP contribution in [0.25, 0.3) is 11.6 Å². The molecule has 0 saturated carbocycles. The third-order valence-electron chi connectivity index (χ3n) is 2.88. The van der Waals surface area contributed by atoms with Crippen molar-refractivity contribution >= 4 is 23.2 Å². The molecule has 0 spiro atoms. The fraction of sp³-hybridized carbons (Fsp3) is 0.0714. The van der Waals surface area contributed by atoms with Gasteiger partial charge >= 0.3 is 0 Å². The molecule has 0 unspecified atom stereocenters. The monoisotopic (exact) mass is 224 g/mol. The summed E-state index contributed by atoms with van der Waals surface area (Å²) >= 11 is 0. The SMILES string of the molecule is Cc1ccc2c(c1)C(=Cc1ccc[nH]1)C(=O)N2. The summed E-state index contributed by atoms with van der Waals surface area (Å²) in [4.78, 5) is 14.9. The van der Waals surface area contributed by atoms with Crippen LogP contribution in [-0.2, 0) is 4.79 Å². The van der Waals surface area contributed by atoms with Gasteiger partial charge in [-0.3, -0.25) is 4.79 Å². The Morgan fingerprint density at radius 1 is 1.24 bits per heavy atom. The van der Waals surface area contributed by atoms with Gasteiger partial charge in [-0.25, -0.2) is 0 Å². The molecule has 2 N–H and O–H groups in total. The van der Waals surface area contributed by atoms with Gasteiger partial charge in [-0.15, -0.1) is 0 Å². The summed E-state index contributed by atoms with van der Waals surface area (Å²) in [5.41, 5.74) is 4.66. The van der Waals surface area contributed by atoms with Gasteiger partial charge in [0.15, 0.2) is 0 Å². The van der Waals surface area contributed by atoms with E-state index in [0.717, 1.165) is 22.5 Å². The quantitative estimate of drug-likeness (QED) is 0.719. The fourth-order valence-electron chi connectivity index (χ4n) is 2.03. The number of aromatic amines is 1. The first-order valence-corrected chi connectivity index (χ1v) is 5.51. The zero-order chi connectivity index (χ0) is 11.8. The molecule has 0 fully saturated rings. The van der Waals surface area contributed by atoms with E-state index in [0.29, 0.717) is 5.57 Å². The van der Waals surface area contributed by atoms with Crippen LogP contribution in [0.15, 0.2) is 36.5 Å². The lowest BCUT2D eigenvalue weighted by Crippen LogP contribution is -2.03. The van der Waals surface area contributed by atoms with Crippen molar-refractivity contribution in [3.8, 4) is 0 Å². The van der Waals surface area contributed by atoms with E-state index in [1.165, 1.54) is 0 Å². The normalized spacial score (nSPS) is 16.1. The van der Waals surface area contributed by atoms with Gasteiger partial charge < -0.3 is 10.3 Å². The highest BCUT2D eigenvalue weighted by Crippen LogP contribution is 2.33. The van der Waals surface area contributed by atoms with Crippen LogP contribution in [0.2, 0.25) is 0 Å². The third-order valence-corrected chi connectivity index (χ3v) is 2.88. The molecule has 3 nitrogen and oxygen atoms in total. The van der Waals surface area contributed by atoms with Gasteiger partial charge in [-0.1, -0.05) is 11.6 Å². The molecule has 17 heavy (non-hydrogen) atoms. The zero-order valence-corrected chi connectivity index (χ0v) is 9.45. The van der Waals surface area contributed by atoms with Gasteiger partial charge in [0, 0.05) is 23.1 Å². The summed E-state index contributed by atoms with van der Waals surface area (Å²) < 4.78 is 0. The smallest absolute Gasteiger partial charge is 0.256 e. The van der Waals surface area contributed by atoms with Crippen molar-refractivity contribution in [2.45, 2.75) is 6.92 Å². The molecule has 0 saturated heterocycles. The largest absolute Gasteiger partial charge is 0.362 e. The van der Waals surface area contributed by atoms with Crippen molar-refractivity contribution < 1.29 is 4.79 Å². The number of fused-ring (bicyclic) bond motifs is 1. The number of aromatic nitrogens is 1. The molecular formula is C14H12N2O. The van der Waals surface area contributed by atoms with Crippen LogP contribution in [0, 0.1) is 6.92 Å². The molecule has 0 radical (unpaired) electrons. The van der Waals surface area contributed by atoms with Gasteiger partial charge in [-0.05, 0) is 37.3 Å². The number of anilines is 1. The van der Waals surface area contributed by atoms with Crippen LogP contribution >= 0.6 is 0 Å². The number of aryl methyl sites for hydroxylation is 1. The van der Waals surface area contributed by atoms with Crippen molar-refractivity contribution in [3.05, 3.63) is 53.3 Å². The van der Waals surface area contributed by atoms with Gasteiger partial charge in [-0.2, -0.15) is 0 Å². The number of nitrogens with one attached hydrogen (secondary N) is 2. The topological polar surface area (TPSA) is 44.9 Å². The van der Waals surface area contributed by atoms with Crippen LogP contribution in [-0.4, -0.2) is 10.9 Å². The van der Waals surface area contributed by atoms with Crippen LogP contribution in [0.3, 0.4) is 0 Å². The van der Waals surface area contributed by atoms with Crippen LogP contribution in [0.1, 0.15) is 16.8 Å². The summed E-state index contributed by atoms with van der Waals surface area (Å²) in [6.45, 7) is 2.02. The van der Waals surface area contributed by atoms with E-state index in [4.69, 9.17) is 0 Å². The number of amides is 1. The van der Waals surface area contributed by atoms with Crippen molar-refractivity contribution in [2.24, 2.45) is 0 Å². The van der Waals surface area contributed by atoms with E-state index in [9.17, 15) is 4.79 Å². The van der Waals surface area contributed by atoms with Crippen molar-refractivity contribution in [1.29, 1.82) is 0 Å². The molecule has 1 amide bonds. The first kappa shape index (κ1) is 9.90. The summed E-state index contributed by atoms with van der Waals surface area (Å²) in [5.74, 6) is -0.0415. The lowest BCUT2D eigenvalue weighted by molar-refractivity contribution is -0.110. The Morgan fingerprint density at radius 3 is 2.88 bits per heavy atom. The standard InChI is InChI=1S/C14H12N2O/c1-9-4-5-13-11(7-9)12(14(17)16-13)8-10-3-2-6-15-10/h2-8,15H,1H3,(H,16,17). The van der Waals surface area contributed by atoms with Crippen LogP contribution in [0.5, 0.6) is 0 Å².